The number of nitrogens with one attached hydrogen (secondary N) is 1. The van der Waals surface area contributed by atoms with Crippen LogP contribution in [0.5, 0.6) is 0 Å². The minimum absolute atomic E-state index is 0.457. The maximum atomic E-state index is 3.53. The fraction of sp³-hybridized carbons (Fsp3) is 0.600. The second-order valence-electron chi connectivity index (χ2n) is 5.70. The van der Waals surface area contributed by atoms with E-state index in [0.29, 0.717) is 5.41 Å². The van der Waals surface area contributed by atoms with Gasteiger partial charge in [0.1, 0.15) is 0 Å². The number of rotatable bonds is 2. The summed E-state index contributed by atoms with van der Waals surface area (Å²) in [6, 6.07) is 6.85. The molecule has 0 bridgehead atoms. The zero-order valence-electron chi connectivity index (χ0n) is 10.8. The Balaban J connectivity index is 2.13. The Bertz CT molecular complexity index is 362. The highest BCUT2D eigenvalue weighted by atomic mass is 14.9. The lowest BCUT2D eigenvalue weighted by Gasteiger charge is -2.34. The highest BCUT2D eigenvalue weighted by Gasteiger charge is 2.27. The maximum absolute atomic E-state index is 3.53. The van der Waals surface area contributed by atoms with Gasteiger partial charge in [0.2, 0.25) is 0 Å². The van der Waals surface area contributed by atoms with Crippen LogP contribution in [0, 0.1) is 19.3 Å². The predicted molar refractivity (Wildman–Crippen MR) is 69.8 cm³/mol. The van der Waals surface area contributed by atoms with Crippen LogP contribution >= 0.6 is 0 Å². The van der Waals surface area contributed by atoms with Gasteiger partial charge in [-0.1, -0.05) is 30.7 Å². The van der Waals surface area contributed by atoms with Gasteiger partial charge in [0.15, 0.2) is 0 Å². The van der Waals surface area contributed by atoms with Gasteiger partial charge in [0, 0.05) is 6.54 Å². The molecule has 1 aliphatic heterocycles. The number of hydrogen-bond acceptors (Lipinski definition) is 1. The molecular formula is C15H23N. The summed E-state index contributed by atoms with van der Waals surface area (Å²) in [5, 5.41) is 3.53. The van der Waals surface area contributed by atoms with Gasteiger partial charge < -0.3 is 5.32 Å². The molecule has 1 atom stereocenters. The van der Waals surface area contributed by atoms with Crippen molar-refractivity contribution in [2.45, 2.75) is 40.0 Å². The minimum atomic E-state index is 0.457. The number of aryl methyl sites for hydroxylation is 2. The van der Waals surface area contributed by atoms with E-state index in [-0.39, 0.29) is 0 Å². The third kappa shape index (κ3) is 2.65. The lowest BCUT2D eigenvalue weighted by Crippen LogP contribution is -2.39. The second-order valence-corrected chi connectivity index (χ2v) is 5.70. The summed E-state index contributed by atoms with van der Waals surface area (Å²) >= 11 is 0. The number of hydrogen-bond donors (Lipinski definition) is 1. The lowest BCUT2D eigenvalue weighted by atomic mass is 9.77. The van der Waals surface area contributed by atoms with E-state index in [1.165, 1.54) is 49.0 Å². The SMILES string of the molecule is Cc1ccc(CC2(C)CCCNC2)c(C)c1. The molecule has 88 valence electrons. The van der Waals surface area contributed by atoms with E-state index < -0.39 is 0 Å². The molecule has 0 radical (unpaired) electrons. The van der Waals surface area contributed by atoms with Crippen molar-refractivity contribution >= 4 is 0 Å². The minimum Gasteiger partial charge on any atom is -0.316 e. The molecule has 16 heavy (non-hydrogen) atoms. The van der Waals surface area contributed by atoms with Crippen molar-refractivity contribution in [2.75, 3.05) is 13.1 Å². The zero-order chi connectivity index (χ0) is 11.6. The quantitative estimate of drug-likeness (QED) is 0.802. The van der Waals surface area contributed by atoms with Gasteiger partial charge in [0.05, 0.1) is 0 Å². The van der Waals surface area contributed by atoms with Crippen molar-refractivity contribution in [1.82, 2.24) is 5.32 Å². The number of piperidine rings is 1. The van der Waals surface area contributed by atoms with E-state index in [4.69, 9.17) is 0 Å². The van der Waals surface area contributed by atoms with Crippen LogP contribution in [-0.4, -0.2) is 13.1 Å². The van der Waals surface area contributed by atoms with E-state index in [1.807, 2.05) is 0 Å². The van der Waals surface area contributed by atoms with Crippen molar-refractivity contribution in [3.8, 4) is 0 Å². The summed E-state index contributed by atoms with van der Waals surface area (Å²) in [7, 11) is 0. The molecular weight excluding hydrogens is 194 g/mol. The Morgan fingerprint density at radius 1 is 1.31 bits per heavy atom. The first-order valence-electron chi connectivity index (χ1n) is 6.36. The van der Waals surface area contributed by atoms with Crippen LogP contribution in [0.15, 0.2) is 18.2 Å². The van der Waals surface area contributed by atoms with Gasteiger partial charge >= 0.3 is 0 Å². The summed E-state index contributed by atoms with van der Waals surface area (Å²) in [6.07, 6.45) is 3.89. The molecule has 1 N–H and O–H groups in total. The average Bonchev–Trinajstić information content (AvgIpc) is 2.23. The van der Waals surface area contributed by atoms with Crippen LogP contribution in [0.1, 0.15) is 36.5 Å². The molecule has 1 nitrogen and oxygen atoms in total. The smallest absolute Gasteiger partial charge is 0.000836 e. The molecule has 1 heteroatoms. The summed E-state index contributed by atoms with van der Waals surface area (Å²) in [5.41, 5.74) is 4.80. The highest BCUT2D eigenvalue weighted by molar-refractivity contribution is 5.31. The Morgan fingerprint density at radius 2 is 2.12 bits per heavy atom. The number of benzene rings is 1. The van der Waals surface area contributed by atoms with Crippen LogP contribution < -0.4 is 5.32 Å². The van der Waals surface area contributed by atoms with Gasteiger partial charge in [0.25, 0.3) is 0 Å². The first kappa shape index (κ1) is 11.7. The Hall–Kier alpha value is -0.820. The molecule has 1 unspecified atom stereocenters. The molecule has 0 amide bonds. The van der Waals surface area contributed by atoms with E-state index >= 15 is 0 Å². The molecule has 1 aliphatic rings. The van der Waals surface area contributed by atoms with Crippen LogP contribution in [0.4, 0.5) is 0 Å². The van der Waals surface area contributed by atoms with Crippen LogP contribution in [-0.2, 0) is 6.42 Å². The molecule has 1 aromatic carbocycles. The van der Waals surface area contributed by atoms with Crippen molar-refractivity contribution in [3.63, 3.8) is 0 Å². The molecule has 1 saturated heterocycles. The summed E-state index contributed by atoms with van der Waals surface area (Å²) in [4.78, 5) is 0. The molecule has 1 fully saturated rings. The topological polar surface area (TPSA) is 12.0 Å². The fourth-order valence-corrected chi connectivity index (χ4v) is 2.77. The van der Waals surface area contributed by atoms with Gasteiger partial charge in [-0.15, -0.1) is 0 Å². The van der Waals surface area contributed by atoms with Crippen LogP contribution in [0.25, 0.3) is 0 Å². The monoisotopic (exact) mass is 217 g/mol. The molecule has 1 heterocycles. The molecule has 0 spiro atoms. The van der Waals surface area contributed by atoms with Gasteiger partial charge in [-0.25, -0.2) is 0 Å². The average molecular weight is 217 g/mol. The van der Waals surface area contributed by atoms with Crippen molar-refractivity contribution in [1.29, 1.82) is 0 Å². The van der Waals surface area contributed by atoms with Crippen molar-refractivity contribution in [2.24, 2.45) is 5.41 Å². The highest BCUT2D eigenvalue weighted by Crippen LogP contribution is 2.30. The predicted octanol–water partition coefficient (Wildman–Crippen LogP) is 3.24. The summed E-state index contributed by atoms with van der Waals surface area (Å²) in [5.74, 6) is 0. The largest absolute Gasteiger partial charge is 0.316 e. The van der Waals surface area contributed by atoms with Gasteiger partial charge in [-0.3, -0.25) is 0 Å². The third-order valence-electron chi connectivity index (χ3n) is 3.80. The lowest BCUT2D eigenvalue weighted by molar-refractivity contribution is 0.234. The fourth-order valence-electron chi connectivity index (χ4n) is 2.77. The van der Waals surface area contributed by atoms with E-state index in [2.05, 4.69) is 44.3 Å². The van der Waals surface area contributed by atoms with Crippen molar-refractivity contribution < 1.29 is 0 Å². The Kier molecular flexibility index (Phi) is 3.34. The van der Waals surface area contributed by atoms with E-state index in [9.17, 15) is 0 Å². The normalized spacial score (nSPS) is 25.7. The Labute approximate surface area is 99.3 Å². The molecule has 0 aromatic heterocycles. The third-order valence-corrected chi connectivity index (χ3v) is 3.80. The van der Waals surface area contributed by atoms with Crippen LogP contribution in [0.3, 0.4) is 0 Å². The van der Waals surface area contributed by atoms with Crippen LogP contribution in [0.2, 0.25) is 0 Å². The second kappa shape index (κ2) is 4.58. The summed E-state index contributed by atoms with van der Waals surface area (Å²) < 4.78 is 0. The molecule has 0 aliphatic carbocycles. The molecule has 1 aromatic rings. The molecule has 0 saturated carbocycles. The summed E-state index contributed by atoms with van der Waals surface area (Å²) in [6.45, 7) is 9.18. The van der Waals surface area contributed by atoms with E-state index in [1.54, 1.807) is 0 Å². The first-order chi connectivity index (χ1) is 7.59. The van der Waals surface area contributed by atoms with Crippen molar-refractivity contribution in [3.05, 3.63) is 34.9 Å². The van der Waals surface area contributed by atoms with Gasteiger partial charge in [-0.05, 0) is 56.2 Å². The zero-order valence-corrected chi connectivity index (χ0v) is 10.8. The molecule has 2 rings (SSSR count). The Morgan fingerprint density at radius 3 is 2.75 bits per heavy atom. The maximum Gasteiger partial charge on any atom is 0.000836 e. The van der Waals surface area contributed by atoms with E-state index in [0.717, 1.165) is 0 Å². The van der Waals surface area contributed by atoms with Gasteiger partial charge in [-0.2, -0.15) is 0 Å². The standard InChI is InChI=1S/C15H23N/c1-12-5-6-14(13(2)9-12)10-15(3)7-4-8-16-11-15/h5-6,9,16H,4,7-8,10-11H2,1-3H3. The first-order valence-corrected chi connectivity index (χ1v) is 6.36.